The molecule has 0 unspecified atom stereocenters. The highest BCUT2D eigenvalue weighted by Gasteiger charge is 2.28. The highest BCUT2D eigenvalue weighted by Crippen LogP contribution is 2.28. The second kappa shape index (κ2) is 11.7. The Kier molecular flexibility index (Phi) is 9.19. The fraction of sp³-hybridized carbons (Fsp3) is 0.381. The summed E-state index contributed by atoms with van der Waals surface area (Å²) in [7, 11) is -4.02. The largest absolute Gasteiger partial charge is 0.379 e. The van der Waals surface area contributed by atoms with Crippen LogP contribution in [-0.2, 0) is 26.1 Å². The summed E-state index contributed by atoms with van der Waals surface area (Å²) in [5.74, 6) is -0.418. The molecule has 1 saturated heterocycles. The molecule has 0 radical (unpaired) electrons. The van der Waals surface area contributed by atoms with Crippen LogP contribution in [0.3, 0.4) is 0 Å². The predicted molar refractivity (Wildman–Crippen MR) is 126 cm³/mol. The van der Waals surface area contributed by atoms with Gasteiger partial charge in [0.05, 0.1) is 24.7 Å². The van der Waals surface area contributed by atoms with Crippen LogP contribution in [0.5, 0.6) is 0 Å². The molecule has 3 rings (SSSR count). The standard InChI is InChI=1S/C21H24Cl3N3O4S/c22-16-4-6-17(7-5-16)32(29,30)27(14-18-19(23)2-1-3-20(18)24)15-21(28)25-8-9-26-10-12-31-13-11-26/h1-7H,8-15H2,(H,25,28). The number of hydrogen-bond donors (Lipinski definition) is 1. The highest BCUT2D eigenvalue weighted by molar-refractivity contribution is 7.89. The summed E-state index contributed by atoms with van der Waals surface area (Å²) in [4.78, 5) is 14.8. The molecule has 1 aliphatic heterocycles. The van der Waals surface area contributed by atoms with E-state index in [1.165, 1.54) is 24.3 Å². The quantitative estimate of drug-likeness (QED) is 0.549. The normalized spacial score (nSPS) is 15.1. The predicted octanol–water partition coefficient (Wildman–Crippen LogP) is 3.29. The molecule has 0 atom stereocenters. The molecule has 32 heavy (non-hydrogen) atoms. The maximum Gasteiger partial charge on any atom is 0.243 e. The summed E-state index contributed by atoms with van der Waals surface area (Å²) in [5, 5.41) is 3.84. The summed E-state index contributed by atoms with van der Waals surface area (Å²) in [6, 6.07) is 10.7. The van der Waals surface area contributed by atoms with E-state index in [0.717, 1.165) is 17.4 Å². The number of nitrogens with zero attached hydrogens (tertiary/aromatic N) is 2. The minimum absolute atomic E-state index is 0.0196. The van der Waals surface area contributed by atoms with Gasteiger partial charge in [0.1, 0.15) is 0 Å². The smallest absolute Gasteiger partial charge is 0.243 e. The Hall–Kier alpha value is -1.39. The van der Waals surface area contributed by atoms with Gasteiger partial charge in [0, 0.05) is 53.4 Å². The van der Waals surface area contributed by atoms with Crippen LogP contribution in [0.4, 0.5) is 0 Å². The van der Waals surface area contributed by atoms with Crippen molar-refractivity contribution in [3.8, 4) is 0 Å². The highest BCUT2D eigenvalue weighted by atomic mass is 35.5. The fourth-order valence-electron chi connectivity index (χ4n) is 3.24. The van der Waals surface area contributed by atoms with Crippen LogP contribution in [0.25, 0.3) is 0 Å². The van der Waals surface area contributed by atoms with Gasteiger partial charge in [-0.3, -0.25) is 9.69 Å². The van der Waals surface area contributed by atoms with E-state index in [4.69, 9.17) is 39.5 Å². The second-order valence-corrected chi connectivity index (χ2v) is 10.4. The summed E-state index contributed by atoms with van der Waals surface area (Å²) in [6.07, 6.45) is 0. The molecule has 1 amide bonds. The molecule has 1 heterocycles. The van der Waals surface area contributed by atoms with Crippen LogP contribution in [0, 0.1) is 0 Å². The molecule has 11 heteroatoms. The first kappa shape index (κ1) is 25.2. The number of morpholine rings is 1. The molecule has 2 aromatic carbocycles. The Morgan fingerprint density at radius 1 is 1.03 bits per heavy atom. The van der Waals surface area contributed by atoms with E-state index in [1.807, 2.05) is 0 Å². The number of rotatable bonds is 9. The zero-order valence-corrected chi connectivity index (χ0v) is 20.4. The Balaban J connectivity index is 1.75. The first-order chi connectivity index (χ1) is 15.3. The molecule has 1 fully saturated rings. The maximum atomic E-state index is 13.3. The Labute approximate surface area is 203 Å². The number of ether oxygens (including phenoxy) is 1. The zero-order chi connectivity index (χ0) is 23.1. The van der Waals surface area contributed by atoms with Crippen LogP contribution in [-0.4, -0.2) is 69.5 Å². The van der Waals surface area contributed by atoms with Crippen molar-refractivity contribution in [2.75, 3.05) is 45.9 Å². The first-order valence-corrected chi connectivity index (χ1v) is 12.6. The lowest BCUT2D eigenvalue weighted by Gasteiger charge is -2.27. The summed E-state index contributed by atoms with van der Waals surface area (Å²) < 4.78 is 33.0. The average Bonchev–Trinajstić information content (AvgIpc) is 2.76. The van der Waals surface area contributed by atoms with Crippen molar-refractivity contribution in [1.82, 2.24) is 14.5 Å². The van der Waals surface area contributed by atoms with Gasteiger partial charge >= 0.3 is 0 Å². The number of halogens is 3. The van der Waals surface area contributed by atoms with E-state index >= 15 is 0 Å². The SMILES string of the molecule is O=C(CN(Cc1c(Cl)cccc1Cl)S(=O)(=O)c1ccc(Cl)cc1)NCCN1CCOCC1. The van der Waals surface area contributed by atoms with Crippen molar-refractivity contribution in [2.24, 2.45) is 0 Å². The minimum atomic E-state index is -4.02. The molecule has 7 nitrogen and oxygen atoms in total. The summed E-state index contributed by atoms with van der Waals surface area (Å²) >= 11 is 18.4. The number of benzene rings is 2. The van der Waals surface area contributed by atoms with Crippen molar-refractivity contribution < 1.29 is 17.9 Å². The number of carbonyl (C=O) groups is 1. The molecule has 0 spiro atoms. The van der Waals surface area contributed by atoms with Gasteiger partial charge in [-0.15, -0.1) is 0 Å². The average molecular weight is 521 g/mol. The van der Waals surface area contributed by atoms with E-state index in [2.05, 4.69) is 10.2 Å². The van der Waals surface area contributed by atoms with Crippen LogP contribution in [0.15, 0.2) is 47.4 Å². The van der Waals surface area contributed by atoms with E-state index in [0.29, 0.717) is 46.9 Å². The number of nitrogens with one attached hydrogen (secondary N) is 1. The third-order valence-corrected chi connectivity index (χ3v) is 7.79. The van der Waals surface area contributed by atoms with Gasteiger partial charge in [-0.1, -0.05) is 40.9 Å². The number of amides is 1. The Morgan fingerprint density at radius 3 is 2.28 bits per heavy atom. The van der Waals surface area contributed by atoms with Gasteiger partial charge in [-0.2, -0.15) is 4.31 Å². The van der Waals surface area contributed by atoms with Crippen molar-refractivity contribution in [2.45, 2.75) is 11.4 Å². The van der Waals surface area contributed by atoms with Crippen molar-refractivity contribution >= 4 is 50.7 Å². The molecular weight excluding hydrogens is 497 g/mol. The maximum absolute atomic E-state index is 13.3. The van der Waals surface area contributed by atoms with Crippen LogP contribution in [0.1, 0.15) is 5.56 Å². The monoisotopic (exact) mass is 519 g/mol. The van der Waals surface area contributed by atoms with Crippen LogP contribution < -0.4 is 5.32 Å². The molecular formula is C21H24Cl3N3O4S. The van der Waals surface area contributed by atoms with E-state index in [1.54, 1.807) is 18.2 Å². The molecule has 0 saturated carbocycles. The molecule has 0 aliphatic carbocycles. The van der Waals surface area contributed by atoms with Crippen LogP contribution >= 0.6 is 34.8 Å². The summed E-state index contributed by atoms with van der Waals surface area (Å²) in [6.45, 7) is 3.47. The molecule has 1 N–H and O–H groups in total. The van der Waals surface area contributed by atoms with E-state index < -0.39 is 15.9 Å². The number of sulfonamides is 1. The Bertz CT molecular complexity index is 1010. The minimum Gasteiger partial charge on any atom is -0.379 e. The van der Waals surface area contributed by atoms with Gasteiger partial charge in [-0.05, 0) is 36.4 Å². The van der Waals surface area contributed by atoms with Gasteiger partial charge in [0.25, 0.3) is 0 Å². The van der Waals surface area contributed by atoms with E-state index in [9.17, 15) is 13.2 Å². The molecule has 0 aromatic heterocycles. The van der Waals surface area contributed by atoms with Crippen molar-refractivity contribution in [3.63, 3.8) is 0 Å². The van der Waals surface area contributed by atoms with Gasteiger partial charge in [0.2, 0.25) is 15.9 Å². The summed E-state index contributed by atoms with van der Waals surface area (Å²) in [5.41, 5.74) is 0.425. The third-order valence-electron chi connectivity index (χ3n) is 5.02. The van der Waals surface area contributed by atoms with Gasteiger partial charge < -0.3 is 10.1 Å². The molecule has 1 aliphatic rings. The molecule has 174 valence electrons. The van der Waals surface area contributed by atoms with Crippen molar-refractivity contribution in [3.05, 3.63) is 63.1 Å². The lowest BCUT2D eigenvalue weighted by atomic mass is 10.2. The molecule has 2 aromatic rings. The van der Waals surface area contributed by atoms with E-state index in [-0.39, 0.29) is 18.0 Å². The Morgan fingerprint density at radius 2 is 1.66 bits per heavy atom. The third kappa shape index (κ3) is 6.81. The lowest BCUT2D eigenvalue weighted by molar-refractivity contribution is -0.121. The van der Waals surface area contributed by atoms with Gasteiger partial charge in [0.15, 0.2) is 0 Å². The topological polar surface area (TPSA) is 79.0 Å². The second-order valence-electron chi connectivity index (χ2n) is 7.23. The number of hydrogen-bond acceptors (Lipinski definition) is 5. The lowest BCUT2D eigenvalue weighted by Crippen LogP contribution is -2.44. The zero-order valence-electron chi connectivity index (χ0n) is 17.3. The van der Waals surface area contributed by atoms with Crippen LogP contribution in [0.2, 0.25) is 15.1 Å². The van der Waals surface area contributed by atoms with Gasteiger partial charge in [-0.25, -0.2) is 8.42 Å². The molecule has 0 bridgehead atoms. The number of carbonyl (C=O) groups excluding carboxylic acids is 1. The fourth-order valence-corrected chi connectivity index (χ4v) is 5.24. The van der Waals surface area contributed by atoms with Crippen molar-refractivity contribution in [1.29, 1.82) is 0 Å². The first-order valence-electron chi connectivity index (χ1n) is 10.0.